The van der Waals surface area contributed by atoms with Crippen molar-refractivity contribution < 1.29 is 28.8 Å². The highest BCUT2D eigenvalue weighted by Gasteiger charge is 2.32. The molecule has 16 nitrogen and oxygen atoms in total. The maximum Gasteiger partial charge on any atom is 0.243 e. The smallest absolute Gasteiger partial charge is 0.243 e. The molecule has 0 radical (unpaired) electrons. The van der Waals surface area contributed by atoms with Crippen molar-refractivity contribution in [2.24, 2.45) is 22.2 Å². The van der Waals surface area contributed by atoms with Gasteiger partial charge in [-0.15, -0.1) is 0 Å². The average molecular weight is 753 g/mol. The maximum absolute atomic E-state index is 14.2. The molecule has 4 aromatic rings. The maximum atomic E-state index is 14.2. The number of carbonyl (C=O) groups excluding carboxylic acids is 6. The first-order valence-electron chi connectivity index (χ1n) is 18.3. The van der Waals surface area contributed by atoms with E-state index in [2.05, 4.69) is 36.6 Å². The number of rotatable bonds is 9. The highest BCUT2D eigenvalue weighted by molar-refractivity contribution is 5.96. The molecule has 0 saturated carbocycles. The molecule has 0 unspecified atom stereocenters. The number of amides is 6. The van der Waals surface area contributed by atoms with E-state index in [1.807, 2.05) is 66.7 Å². The number of nitrogens with zero attached hydrogens (tertiary/aromatic N) is 1. The van der Waals surface area contributed by atoms with E-state index in [-0.39, 0.29) is 70.4 Å². The highest BCUT2D eigenvalue weighted by atomic mass is 16.2. The van der Waals surface area contributed by atoms with Crippen LogP contribution in [0.25, 0.3) is 21.7 Å². The number of hydrogen-bond donors (Lipinski definition) is 9. The van der Waals surface area contributed by atoms with Gasteiger partial charge < -0.3 is 48.8 Å². The Bertz CT molecular complexity index is 2060. The van der Waals surface area contributed by atoms with Crippen LogP contribution in [-0.2, 0) is 41.6 Å². The van der Waals surface area contributed by atoms with Crippen LogP contribution in [0.2, 0.25) is 0 Å². The van der Waals surface area contributed by atoms with Crippen molar-refractivity contribution in [3.63, 3.8) is 0 Å². The number of aromatic nitrogens is 1. The van der Waals surface area contributed by atoms with Gasteiger partial charge in [-0.1, -0.05) is 60.7 Å². The Morgan fingerprint density at radius 2 is 1.40 bits per heavy atom. The van der Waals surface area contributed by atoms with E-state index in [4.69, 9.17) is 17.2 Å². The van der Waals surface area contributed by atoms with Crippen LogP contribution in [0.1, 0.15) is 49.7 Å². The monoisotopic (exact) mass is 752 g/mol. The van der Waals surface area contributed by atoms with Crippen LogP contribution < -0.4 is 43.8 Å². The summed E-state index contributed by atoms with van der Waals surface area (Å²) in [7, 11) is 0. The summed E-state index contributed by atoms with van der Waals surface area (Å²) < 4.78 is 0. The topological polar surface area (TPSA) is 269 Å². The molecule has 4 atom stereocenters. The molecule has 5 rings (SSSR count). The number of para-hydroxylation sites is 1. The summed E-state index contributed by atoms with van der Waals surface area (Å²) in [4.78, 5) is 87.6. The minimum absolute atomic E-state index is 0.0262. The zero-order valence-corrected chi connectivity index (χ0v) is 30.4. The van der Waals surface area contributed by atoms with Gasteiger partial charge in [-0.2, -0.15) is 0 Å². The fraction of sp³-hybridized carbons (Fsp3) is 0.359. The predicted octanol–water partition coefficient (Wildman–Crippen LogP) is 0.275. The molecule has 290 valence electrons. The van der Waals surface area contributed by atoms with Gasteiger partial charge in [-0.3, -0.25) is 33.8 Å². The van der Waals surface area contributed by atoms with Crippen LogP contribution >= 0.6 is 0 Å². The number of carbonyl (C=O) groups is 6. The molecule has 3 aromatic carbocycles. The van der Waals surface area contributed by atoms with Crippen molar-refractivity contribution in [2.45, 2.75) is 75.5 Å². The Morgan fingerprint density at radius 1 is 0.727 bits per heavy atom. The van der Waals surface area contributed by atoms with Gasteiger partial charge in [-0.05, 0) is 53.6 Å². The van der Waals surface area contributed by atoms with E-state index in [1.54, 1.807) is 6.20 Å². The highest BCUT2D eigenvalue weighted by Crippen LogP contribution is 2.20. The fourth-order valence-electron chi connectivity index (χ4n) is 6.53. The van der Waals surface area contributed by atoms with E-state index in [0.717, 1.165) is 32.8 Å². The Labute approximate surface area is 317 Å². The minimum Gasteiger partial charge on any atom is -0.370 e. The molecule has 1 saturated heterocycles. The number of primary amides is 1. The second kappa shape index (κ2) is 19.0. The van der Waals surface area contributed by atoms with Crippen molar-refractivity contribution in [1.82, 2.24) is 31.6 Å². The number of guanidine groups is 1. The van der Waals surface area contributed by atoms with E-state index in [9.17, 15) is 28.8 Å². The quantitative estimate of drug-likeness (QED) is 0.0649. The molecular formula is C39H48N10O6. The second-order valence-corrected chi connectivity index (χ2v) is 13.6. The van der Waals surface area contributed by atoms with Gasteiger partial charge in [-0.25, -0.2) is 0 Å². The van der Waals surface area contributed by atoms with E-state index >= 15 is 0 Å². The molecule has 55 heavy (non-hydrogen) atoms. The van der Waals surface area contributed by atoms with E-state index in [1.165, 1.54) is 0 Å². The molecule has 0 aliphatic carbocycles. The first kappa shape index (κ1) is 39.8. The van der Waals surface area contributed by atoms with Gasteiger partial charge in [0.05, 0.1) is 0 Å². The van der Waals surface area contributed by atoms with Crippen molar-refractivity contribution in [1.29, 1.82) is 0 Å². The third-order valence-corrected chi connectivity index (χ3v) is 9.45. The van der Waals surface area contributed by atoms with Crippen LogP contribution in [0.3, 0.4) is 0 Å². The largest absolute Gasteiger partial charge is 0.370 e. The third-order valence-electron chi connectivity index (χ3n) is 9.45. The van der Waals surface area contributed by atoms with Gasteiger partial charge in [0.25, 0.3) is 0 Å². The molecule has 6 amide bonds. The Hall–Kier alpha value is -6.45. The molecule has 0 spiro atoms. The number of aliphatic imine (C=N–C) groups is 1. The van der Waals surface area contributed by atoms with Crippen LogP contribution in [0, 0.1) is 0 Å². The summed E-state index contributed by atoms with van der Waals surface area (Å²) >= 11 is 0. The first-order valence-corrected chi connectivity index (χ1v) is 18.3. The number of aromatic amines is 1. The first-order chi connectivity index (χ1) is 26.5. The Balaban J connectivity index is 1.47. The predicted molar refractivity (Wildman–Crippen MR) is 208 cm³/mol. The summed E-state index contributed by atoms with van der Waals surface area (Å²) in [6.45, 7) is 0.310. The van der Waals surface area contributed by atoms with Gasteiger partial charge in [0.15, 0.2) is 5.96 Å². The molecule has 1 aromatic heterocycles. The van der Waals surface area contributed by atoms with E-state index in [0.29, 0.717) is 0 Å². The second-order valence-electron chi connectivity index (χ2n) is 13.6. The van der Waals surface area contributed by atoms with Crippen molar-refractivity contribution in [3.05, 3.63) is 84.1 Å². The molecule has 1 aliphatic rings. The lowest BCUT2D eigenvalue weighted by atomic mass is 10.00. The minimum atomic E-state index is -1.21. The molecule has 1 aliphatic heterocycles. The third kappa shape index (κ3) is 11.5. The molecule has 12 N–H and O–H groups in total. The number of benzene rings is 3. The summed E-state index contributed by atoms with van der Waals surface area (Å²) in [5, 5.41) is 16.5. The number of nitrogens with one attached hydrogen (secondary N) is 6. The zero-order chi connectivity index (χ0) is 39.3. The van der Waals surface area contributed by atoms with Crippen molar-refractivity contribution in [3.8, 4) is 0 Å². The van der Waals surface area contributed by atoms with Crippen LogP contribution in [0.5, 0.6) is 0 Å². The zero-order valence-electron chi connectivity index (χ0n) is 30.4. The molecule has 2 heterocycles. The standard InChI is InChI=1S/C39H48N10O6/c40-35(52)29-11-5-17-43-33(50)15-16-34(51)46-31(20-23-13-14-24-7-1-2-8-25(24)19-23)37(54)48-30(12-6-18-44-39(41)42)36(53)49-32(38(55)47-29)21-26-22-45-28-10-4-3-9-27(26)28/h1-4,7-10,13-14,19,22,29-32,45H,5-6,11-12,15-18,20-21H2,(H2,40,52)(H,43,50)(H,46,51)(H,47,55)(H,48,54)(H,49,53)(H4,41,42,44)/t29-,30+,31+,32-/m1/s1. The normalized spacial score (nSPS) is 20.8. The van der Waals surface area contributed by atoms with Crippen LogP contribution in [0.15, 0.2) is 77.9 Å². The summed E-state index contributed by atoms with van der Waals surface area (Å²) in [6.07, 6.45) is 2.22. The fourth-order valence-corrected chi connectivity index (χ4v) is 6.53. The molecular weight excluding hydrogens is 704 g/mol. The van der Waals surface area contributed by atoms with Crippen LogP contribution in [-0.4, -0.2) is 83.6 Å². The SMILES string of the molecule is NC(=O)[C@H]1CCCNC(=O)CCC(=O)N[C@@H](Cc2ccc3ccccc3c2)C(=O)N[C@@H](CCCN=C(N)N)C(=O)N[C@H](Cc2c[nH]c3ccccc23)C(=O)N1. The Kier molecular flexibility index (Phi) is 13.8. The lowest BCUT2D eigenvalue weighted by Gasteiger charge is -2.26. The van der Waals surface area contributed by atoms with Crippen molar-refractivity contribution >= 4 is 63.1 Å². The van der Waals surface area contributed by atoms with Gasteiger partial charge in [0.2, 0.25) is 35.4 Å². The summed E-state index contributed by atoms with van der Waals surface area (Å²) in [5.41, 5.74) is 19.0. The number of hydrogen-bond acceptors (Lipinski definition) is 7. The Morgan fingerprint density at radius 3 is 2.18 bits per heavy atom. The number of H-pyrrole nitrogens is 1. The molecule has 0 bridgehead atoms. The number of nitrogens with two attached hydrogens (primary N) is 3. The summed E-state index contributed by atoms with van der Waals surface area (Å²) in [5.74, 6) is -3.88. The lowest BCUT2D eigenvalue weighted by molar-refractivity contribution is -0.134. The van der Waals surface area contributed by atoms with Gasteiger partial charge in [0, 0.05) is 55.9 Å². The van der Waals surface area contributed by atoms with Gasteiger partial charge in [0.1, 0.15) is 24.2 Å². The lowest BCUT2D eigenvalue weighted by Crippen LogP contribution is -2.58. The molecule has 16 heteroatoms. The average Bonchev–Trinajstić information content (AvgIpc) is 3.57. The van der Waals surface area contributed by atoms with Crippen LogP contribution in [0.4, 0.5) is 0 Å². The molecule has 1 fully saturated rings. The number of fused-ring (bicyclic) bond motifs is 2. The summed E-state index contributed by atoms with van der Waals surface area (Å²) in [6, 6.07) is 16.2. The van der Waals surface area contributed by atoms with E-state index < -0.39 is 59.6 Å². The van der Waals surface area contributed by atoms with Gasteiger partial charge >= 0.3 is 0 Å². The van der Waals surface area contributed by atoms with Crippen molar-refractivity contribution in [2.75, 3.05) is 13.1 Å².